The first-order valence-corrected chi connectivity index (χ1v) is 9.80. The maximum atomic E-state index is 12.6. The van der Waals surface area contributed by atoms with Crippen molar-refractivity contribution in [2.45, 2.75) is 70.0 Å². The van der Waals surface area contributed by atoms with Crippen LogP contribution < -0.4 is 0 Å². The molecule has 0 amide bonds. The normalized spacial score (nSPS) is 34.0. The van der Waals surface area contributed by atoms with E-state index < -0.39 is 17.4 Å². The number of fused-ring (bicyclic) bond motifs is 2. The summed E-state index contributed by atoms with van der Waals surface area (Å²) in [5.41, 5.74) is 2.73. The SMILES string of the molecule is CCCC1=C[C@H]2CC(C(=O)OC)(C(=O)OC)CC[C@@]23O[C@@H]1C1=C3CCC1. The Labute approximate surface area is 154 Å². The van der Waals surface area contributed by atoms with E-state index in [-0.39, 0.29) is 17.6 Å². The van der Waals surface area contributed by atoms with Gasteiger partial charge in [-0.3, -0.25) is 9.59 Å². The summed E-state index contributed by atoms with van der Waals surface area (Å²) < 4.78 is 16.7. The van der Waals surface area contributed by atoms with E-state index in [1.165, 1.54) is 37.4 Å². The van der Waals surface area contributed by atoms with E-state index in [4.69, 9.17) is 14.2 Å². The quantitative estimate of drug-likeness (QED) is 0.436. The van der Waals surface area contributed by atoms with Gasteiger partial charge >= 0.3 is 11.9 Å². The number of ether oxygens (including phenoxy) is 3. The van der Waals surface area contributed by atoms with Crippen LogP contribution in [0.4, 0.5) is 0 Å². The number of hydrogen-bond acceptors (Lipinski definition) is 5. The Balaban J connectivity index is 1.77. The lowest BCUT2D eigenvalue weighted by Gasteiger charge is -2.50. The molecule has 3 atom stereocenters. The van der Waals surface area contributed by atoms with Crippen molar-refractivity contribution in [3.8, 4) is 0 Å². The highest BCUT2D eigenvalue weighted by Gasteiger charge is 2.63. The summed E-state index contributed by atoms with van der Waals surface area (Å²) in [6.45, 7) is 2.18. The number of methoxy groups -OCH3 is 2. The van der Waals surface area contributed by atoms with Crippen molar-refractivity contribution >= 4 is 11.9 Å². The maximum absolute atomic E-state index is 12.6. The second-order valence-corrected chi connectivity index (χ2v) is 8.11. The lowest BCUT2D eigenvalue weighted by atomic mass is 9.60. The third-order valence-electron chi connectivity index (χ3n) is 6.95. The van der Waals surface area contributed by atoms with Crippen molar-refractivity contribution in [1.82, 2.24) is 0 Å². The molecule has 1 saturated carbocycles. The highest BCUT2D eigenvalue weighted by atomic mass is 16.5. The van der Waals surface area contributed by atoms with Crippen molar-refractivity contribution in [1.29, 1.82) is 0 Å². The van der Waals surface area contributed by atoms with Crippen molar-refractivity contribution in [3.05, 3.63) is 22.8 Å². The largest absolute Gasteiger partial charge is 0.468 e. The Morgan fingerprint density at radius 2 is 1.92 bits per heavy atom. The van der Waals surface area contributed by atoms with Crippen LogP contribution in [-0.4, -0.2) is 37.9 Å². The number of carbonyl (C=O) groups is 2. The van der Waals surface area contributed by atoms with Crippen LogP contribution in [0.5, 0.6) is 0 Å². The van der Waals surface area contributed by atoms with Gasteiger partial charge in [-0.05, 0) is 61.7 Å². The molecule has 2 aliphatic heterocycles. The minimum absolute atomic E-state index is 0.0258. The Kier molecular flexibility index (Phi) is 4.25. The lowest BCUT2D eigenvalue weighted by Crippen LogP contribution is -2.55. The van der Waals surface area contributed by atoms with E-state index in [2.05, 4.69) is 13.0 Å². The van der Waals surface area contributed by atoms with Crippen LogP contribution >= 0.6 is 0 Å². The van der Waals surface area contributed by atoms with Gasteiger partial charge in [0.15, 0.2) is 5.41 Å². The van der Waals surface area contributed by atoms with Gasteiger partial charge in [0, 0.05) is 5.92 Å². The van der Waals surface area contributed by atoms with Crippen LogP contribution in [0.3, 0.4) is 0 Å². The molecule has 1 fully saturated rings. The molecule has 26 heavy (non-hydrogen) atoms. The molecule has 0 radical (unpaired) electrons. The molecule has 0 N–H and O–H groups in total. The summed E-state index contributed by atoms with van der Waals surface area (Å²) >= 11 is 0. The minimum atomic E-state index is -1.22. The first kappa shape index (κ1) is 17.8. The topological polar surface area (TPSA) is 61.8 Å². The fourth-order valence-electron chi connectivity index (χ4n) is 5.83. The lowest BCUT2D eigenvalue weighted by molar-refractivity contribution is -0.180. The number of rotatable bonds is 4. The van der Waals surface area contributed by atoms with E-state index >= 15 is 0 Å². The molecule has 0 aromatic heterocycles. The van der Waals surface area contributed by atoms with Crippen LogP contribution in [-0.2, 0) is 23.8 Å². The van der Waals surface area contributed by atoms with Gasteiger partial charge < -0.3 is 14.2 Å². The molecule has 2 aliphatic carbocycles. The Morgan fingerprint density at radius 3 is 2.58 bits per heavy atom. The van der Waals surface area contributed by atoms with Gasteiger partial charge in [0.2, 0.25) is 0 Å². The molecular weight excluding hydrogens is 332 g/mol. The second-order valence-electron chi connectivity index (χ2n) is 8.11. The van der Waals surface area contributed by atoms with Gasteiger partial charge in [-0.1, -0.05) is 19.4 Å². The molecular formula is C21H28O5. The smallest absolute Gasteiger partial charge is 0.323 e. The van der Waals surface area contributed by atoms with E-state index in [1.54, 1.807) is 0 Å². The summed E-state index contributed by atoms with van der Waals surface area (Å²) in [4.78, 5) is 25.2. The van der Waals surface area contributed by atoms with E-state index in [0.29, 0.717) is 19.3 Å². The fourth-order valence-corrected chi connectivity index (χ4v) is 5.83. The maximum Gasteiger partial charge on any atom is 0.323 e. The van der Waals surface area contributed by atoms with Gasteiger partial charge in [0.1, 0.15) is 6.10 Å². The van der Waals surface area contributed by atoms with Crippen molar-refractivity contribution < 1.29 is 23.8 Å². The third-order valence-corrected chi connectivity index (χ3v) is 6.95. The molecule has 142 valence electrons. The van der Waals surface area contributed by atoms with Crippen molar-refractivity contribution in [3.63, 3.8) is 0 Å². The Morgan fingerprint density at radius 1 is 1.19 bits per heavy atom. The summed E-state index contributed by atoms with van der Waals surface area (Å²) in [7, 11) is 2.69. The molecule has 4 aliphatic rings. The summed E-state index contributed by atoms with van der Waals surface area (Å²) in [6.07, 6.45) is 9.40. The van der Waals surface area contributed by atoms with Gasteiger partial charge in [0.05, 0.1) is 19.8 Å². The predicted molar refractivity (Wildman–Crippen MR) is 95.3 cm³/mol. The molecule has 5 nitrogen and oxygen atoms in total. The van der Waals surface area contributed by atoms with E-state index in [9.17, 15) is 9.59 Å². The fraction of sp³-hybridized carbons (Fsp3) is 0.714. The Hall–Kier alpha value is -1.62. The average molecular weight is 360 g/mol. The van der Waals surface area contributed by atoms with Crippen LogP contribution in [0.15, 0.2) is 22.8 Å². The second kappa shape index (κ2) is 6.22. The summed E-state index contributed by atoms with van der Waals surface area (Å²) in [5.74, 6) is -0.936. The van der Waals surface area contributed by atoms with Gasteiger partial charge in [-0.15, -0.1) is 0 Å². The monoisotopic (exact) mass is 360 g/mol. The highest BCUT2D eigenvalue weighted by molar-refractivity contribution is 6.00. The Bertz CT molecular complexity index is 687. The number of esters is 2. The number of hydrogen-bond donors (Lipinski definition) is 0. The highest BCUT2D eigenvalue weighted by Crippen LogP contribution is 2.61. The van der Waals surface area contributed by atoms with Crippen molar-refractivity contribution in [2.24, 2.45) is 11.3 Å². The van der Waals surface area contributed by atoms with Gasteiger partial charge in [0.25, 0.3) is 0 Å². The molecule has 2 bridgehead atoms. The standard InChI is InChI=1S/C21H28O5/c1-4-6-13-11-14-12-20(18(22)24-2,19(23)25-3)9-10-21(14)16-8-5-7-15(16)17(13)26-21/h11,14,17H,4-10,12H2,1-3H3/t14-,17-,21+/m0/s1. The zero-order valence-electron chi connectivity index (χ0n) is 15.9. The van der Waals surface area contributed by atoms with E-state index in [1.807, 2.05) is 0 Å². The van der Waals surface area contributed by atoms with Crippen molar-refractivity contribution in [2.75, 3.05) is 14.2 Å². The first-order valence-electron chi connectivity index (χ1n) is 9.80. The minimum Gasteiger partial charge on any atom is -0.468 e. The molecule has 0 saturated heterocycles. The van der Waals surface area contributed by atoms with Crippen LogP contribution in [0.1, 0.15) is 58.3 Å². The average Bonchev–Trinajstić information content (AvgIpc) is 3.24. The van der Waals surface area contributed by atoms with Crippen LogP contribution in [0, 0.1) is 11.3 Å². The summed E-state index contributed by atoms with van der Waals surface area (Å²) in [5, 5.41) is 0. The number of carbonyl (C=O) groups excluding carboxylic acids is 2. The zero-order valence-corrected chi connectivity index (χ0v) is 15.9. The van der Waals surface area contributed by atoms with Gasteiger partial charge in [-0.2, -0.15) is 0 Å². The molecule has 0 aromatic carbocycles. The third kappa shape index (κ3) is 2.19. The van der Waals surface area contributed by atoms with Crippen LogP contribution in [0.2, 0.25) is 0 Å². The molecule has 1 spiro atoms. The predicted octanol–water partition coefficient (Wildman–Crippen LogP) is 3.48. The first-order chi connectivity index (χ1) is 12.5. The molecule has 0 unspecified atom stereocenters. The van der Waals surface area contributed by atoms with Gasteiger partial charge in [-0.25, -0.2) is 0 Å². The zero-order chi connectivity index (χ0) is 18.5. The van der Waals surface area contributed by atoms with E-state index in [0.717, 1.165) is 25.7 Å². The van der Waals surface area contributed by atoms with Crippen LogP contribution in [0.25, 0.3) is 0 Å². The summed E-state index contributed by atoms with van der Waals surface area (Å²) in [6, 6.07) is 0. The molecule has 5 heteroatoms. The molecule has 0 aromatic rings. The molecule has 4 rings (SSSR count). The molecule has 2 heterocycles.